The van der Waals surface area contributed by atoms with E-state index in [0.29, 0.717) is 11.7 Å². The Morgan fingerprint density at radius 3 is 2.67 bits per heavy atom. The van der Waals surface area contributed by atoms with Gasteiger partial charge in [-0.2, -0.15) is 10.1 Å². The van der Waals surface area contributed by atoms with E-state index in [1.807, 2.05) is 18.5 Å². The van der Waals surface area contributed by atoms with Crippen LogP contribution in [0, 0.1) is 6.92 Å². The number of rotatable bonds is 6. The van der Waals surface area contributed by atoms with Crippen LogP contribution < -0.4 is 5.32 Å². The number of anilines is 1. The lowest BCUT2D eigenvalue weighted by Crippen LogP contribution is -2.16. The number of aromatic nitrogens is 5. The number of carbonyl (C=O) groups excluding carboxylic acids is 1. The predicted octanol–water partition coefficient (Wildman–Crippen LogP) is 2.49. The molecule has 114 valence electrons. The molecule has 0 aromatic carbocycles. The summed E-state index contributed by atoms with van der Waals surface area (Å²) in [5.41, 5.74) is 1.38. The van der Waals surface area contributed by atoms with Gasteiger partial charge in [-0.25, -0.2) is 0 Å². The van der Waals surface area contributed by atoms with Gasteiger partial charge in [-0.15, -0.1) is 5.10 Å². The fraction of sp³-hybridized carbons (Fsp3) is 0.571. The van der Waals surface area contributed by atoms with Gasteiger partial charge >= 0.3 is 0 Å². The molecule has 0 radical (unpaired) electrons. The third kappa shape index (κ3) is 3.29. The van der Waals surface area contributed by atoms with Gasteiger partial charge < -0.3 is 0 Å². The lowest BCUT2D eigenvalue weighted by atomic mass is 10.2. The second-order valence-electron chi connectivity index (χ2n) is 5.00. The Morgan fingerprint density at radius 2 is 2.10 bits per heavy atom. The number of hydrogen-bond donors (Lipinski definition) is 2. The van der Waals surface area contributed by atoms with Crippen LogP contribution in [0.1, 0.15) is 61.7 Å². The zero-order chi connectivity index (χ0) is 15.4. The normalized spacial score (nSPS) is 11.1. The summed E-state index contributed by atoms with van der Waals surface area (Å²) in [7, 11) is 0. The third-order valence-electron chi connectivity index (χ3n) is 3.54. The number of H-pyrrole nitrogens is 1. The van der Waals surface area contributed by atoms with Crippen molar-refractivity contribution in [1.29, 1.82) is 0 Å². The zero-order valence-corrected chi connectivity index (χ0v) is 13.0. The summed E-state index contributed by atoms with van der Waals surface area (Å²) in [6, 6.07) is 2.11. The molecule has 7 nitrogen and oxygen atoms in total. The SMILES string of the molecule is CCc1nc(NC(=O)c2cc(C)n(C(CC)CC)n2)n[nH]1. The first-order valence-corrected chi connectivity index (χ1v) is 7.37. The minimum Gasteiger partial charge on any atom is -0.288 e. The van der Waals surface area contributed by atoms with Crippen LogP contribution in [0.2, 0.25) is 0 Å². The Morgan fingerprint density at radius 1 is 1.38 bits per heavy atom. The lowest BCUT2D eigenvalue weighted by Gasteiger charge is -2.14. The standard InChI is InChI=1S/C14H22N6O/c1-5-10(6-2)20-9(4)8-11(19-20)13(21)16-14-15-12(7-3)17-18-14/h8,10H,5-7H2,1-4H3,(H2,15,16,17,18,21). The van der Waals surface area contributed by atoms with E-state index in [9.17, 15) is 4.79 Å². The van der Waals surface area contributed by atoms with Gasteiger partial charge in [0.1, 0.15) is 5.82 Å². The Kier molecular flexibility index (Phi) is 4.72. The number of nitrogens with zero attached hydrogens (tertiary/aromatic N) is 4. The third-order valence-corrected chi connectivity index (χ3v) is 3.54. The van der Waals surface area contributed by atoms with Crippen LogP contribution >= 0.6 is 0 Å². The quantitative estimate of drug-likeness (QED) is 0.855. The Bertz CT molecular complexity index is 611. The number of amides is 1. The number of hydrogen-bond acceptors (Lipinski definition) is 4. The first-order chi connectivity index (χ1) is 10.1. The van der Waals surface area contributed by atoms with Crippen molar-refractivity contribution in [2.75, 3.05) is 5.32 Å². The molecule has 0 atom stereocenters. The molecule has 0 unspecified atom stereocenters. The summed E-state index contributed by atoms with van der Waals surface area (Å²) in [4.78, 5) is 16.4. The highest BCUT2D eigenvalue weighted by atomic mass is 16.2. The summed E-state index contributed by atoms with van der Waals surface area (Å²) >= 11 is 0. The molecule has 2 aromatic heterocycles. The summed E-state index contributed by atoms with van der Waals surface area (Å²) < 4.78 is 1.92. The molecule has 7 heteroatoms. The Hall–Kier alpha value is -2.18. The average Bonchev–Trinajstić information content (AvgIpc) is 3.08. The van der Waals surface area contributed by atoms with Gasteiger partial charge in [0.05, 0.1) is 6.04 Å². The molecule has 0 bridgehead atoms. The van der Waals surface area contributed by atoms with Gasteiger partial charge in [-0.1, -0.05) is 20.8 Å². The second-order valence-corrected chi connectivity index (χ2v) is 5.00. The summed E-state index contributed by atoms with van der Waals surface area (Å²) in [5, 5.41) is 13.8. The van der Waals surface area contributed by atoms with E-state index in [-0.39, 0.29) is 11.9 Å². The first kappa shape index (κ1) is 15.2. The maximum absolute atomic E-state index is 12.2. The number of carbonyl (C=O) groups is 1. The fourth-order valence-electron chi connectivity index (χ4n) is 2.28. The first-order valence-electron chi connectivity index (χ1n) is 7.37. The fourth-order valence-corrected chi connectivity index (χ4v) is 2.28. The molecule has 0 aliphatic heterocycles. The van der Waals surface area contributed by atoms with Gasteiger partial charge in [-0.3, -0.25) is 19.9 Å². The van der Waals surface area contributed by atoms with Crippen LogP contribution in [0.15, 0.2) is 6.07 Å². The van der Waals surface area contributed by atoms with E-state index in [2.05, 4.69) is 39.4 Å². The molecule has 2 rings (SSSR count). The second kappa shape index (κ2) is 6.51. The minimum atomic E-state index is -0.288. The topological polar surface area (TPSA) is 88.5 Å². The van der Waals surface area contributed by atoms with Crippen LogP contribution in [-0.4, -0.2) is 30.9 Å². The minimum absolute atomic E-state index is 0.284. The highest BCUT2D eigenvalue weighted by Gasteiger charge is 2.17. The van der Waals surface area contributed by atoms with Crippen molar-refractivity contribution < 1.29 is 4.79 Å². The van der Waals surface area contributed by atoms with Gasteiger partial charge in [-0.05, 0) is 25.8 Å². The average molecular weight is 290 g/mol. The molecule has 2 heterocycles. The largest absolute Gasteiger partial charge is 0.288 e. The molecular formula is C14H22N6O. The summed E-state index contributed by atoms with van der Waals surface area (Å²) in [6.07, 6.45) is 2.72. The van der Waals surface area contributed by atoms with Gasteiger partial charge in [0.25, 0.3) is 5.91 Å². The molecular weight excluding hydrogens is 268 g/mol. The van der Waals surface area contributed by atoms with E-state index < -0.39 is 0 Å². The zero-order valence-electron chi connectivity index (χ0n) is 13.0. The van der Waals surface area contributed by atoms with E-state index >= 15 is 0 Å². The van der Waals surface area contributed by atoms with Crippen molar-refractivity contribution in [2.24, 2.45) is 0 Å². The van der Waals surface area contributed by atoms with Crippen LogP contribution in [0.25, 0.3) is 0 Å². The molecule has 0 saturated carbocycles. The van der Waals surface area contributed by atoms with Crippen LogP contribution in [-0.2, 0) is 6.42 Å². The van der Waals surface area contributed by atoms with E-state index in [0.717, 1.165) is 30.8 Å². The molecule has 0 fully saturated rings. The highest BCUT2D eigenvalue weighted by Crippen LogP contribution is 2.18. The van der Waals surface area contributed by atoms with Crippen molar-refractivity contribution in [2.45, 2.75) is 53.0 Å². The molecule has 2 aromatic rings. The predicted molar refractivity (Wildman–Crippen MR) is 80.3 cm³/mol. The van der Waals surface area contributed by atoms with Crippen molar-refractivity contribution >= 4 is 11.9 Å². The molecule has 0 spiro atoms. The van der Waals surface area contributed by atoms with Crippen LogP contribution in [0.3, 0.4) is 0 Å². The molecule has 0 aliphatic rings. The Balaban J connectivity index is 2.14. The highest BCUT2D eigenvalue weighted by molar-refractivity contribution is 6.01. The smallest absolute Gasteiger partial charge is 0.278 e. The molecule has 2 N–H and O–H groups in total. The molecule has 21 heavy (non-hydrogen) atoms. The maximum Gasteiger partial charge on any atom is 0.278 e. The van der Waals surface area contributed by atoms with Gasteiger partial charge in [0.15, 0.2) is 5.69 Å². The summed E-state index contributed by atoms with van der Waals surface area (Å²) in [6.45, 7) is 8.17. The van der Waals surface area contributed by atoms with Crippen LogP contribution in [0.5, 0.6) is 0 Å². The van der Waals surface area contributed by atoms with Gasteiger partial charge in [0, 0.05) is 12.1 Å². The summed E-state index contributed by atoms with van der Waals surface area (Å²) in [5.74, 6) is 0.736. The van der Waals surface area contributed by atoms with Crippen molar-refractivity contribution in [3.8, 4) is 0 Å². The van der Waals surface area contributed by atoms with Crippen molar-refractivity contribution in [1.82, 2.24) is 25.0 Å². The van der Waals surface area contributed by atoms with Crippen molar-refractivity contribution in [3.63, 3.8) is 0 Å². The Labute approximate surface area is 124 Å². The maximum atomic E-state index is 12.2. The van der Waals surface area contributed by atoms with Gasteiger partial charge in [0.2, 0.25) is 5.95 Å². The molecule has 0 saturated heterocycles. The number of aromatic amines is 1. The molecule has 0 aliphatic carbocycles. The number of nitrogens with one attached hydrogen (secondary N) is 2. The lowest BCUT2D eigenvalue weighted by molar-refractivity contribution is 0.102. The van der Waals surface area contributed by atoms with E-state index in [1.165, 1.54) is 0 Å². The number of aryl methyl sites for hydroxylation is 2. The monoisotopic (exact) mass is 290 g/mol. The molecule has 1 amide bonds. The van der Waals surface area contributed by atoms with E-state index in [4.69, 9.17) is 0 Å². The van der Waals surface area contributed by atoms with Crippen LogP contribution in [0.4, 0.5) is 5.95 Å². The van der Waals surface area contributed by atoms with Crippen molar-refractivity contribution in [3.05, 3.63) is 23.3 Å². The van der Waals surface area contributed by atoms with E-state index in [1.54, 1.807) is 6.07 Å².